The minimum atomic E-state index is -0.886. The Morgan fingerprint density at radius 3 is 2.85 bits per heavy atom. The highest BCUT2D eigenvalue weighted by Gasteiger charge is 2.18. The summed E-state index contributed by atoms with van der Waals surface area (Å²) in [7, 11) is 0. The van der Waals surface area contributed by atoms with E-state index in [1.165, 1.54) is 0 Å². The molecule has 1 atom stereocenters. The molecule has 0 aliphatic carbocycles. The summed E-state index contributed by atoms with van der Waals surface area (Å²) in [6.07, 6.45) is 2.56. The molecular formula is C19H19ClN2O4. The molecular weight excluding hydrogens is 356 g/mol. The van der Waals surface area contributed by atoms with Crippen molar-refractivity contribution in [2.45, 2.75) is 39.2 Å². The maximum atomic E-state index is 10.8. The van der Waals surface area contributed by atoms with Crippen LogP contribution in [0.5, 0.6) is 5.75 Å². The molecule has 1 aromatic carbocycles. The van der Waals surface area contributed by atoms with Crippen LogP contribution in [0.2, 0.25) is 5.02 Å². The zero-order chi connectivity index (χ0) is 18.7. The molecule has 6 nitrogen and oxygen atoms in total. The van der Waals surface area contributed by atoms with Gasteiger partial charge < -0.3 is 14.4 Å². The molecule has 7 heteroatoms. The fraction of sp³-hybridized carbons (Fsp3) is 0.316. The van der Waals surface area contributed by atoms with Gasteiger partial charge in [0, 0.05) is 24.1 Å². The molecule has 0 unspecified atom stereocenters. The van der Waals surface area contributed by atoms with Gasteiger partial charge in [0.25, 0.3) is 0 Å². The molecule has 0 bridgehead atoms. The van der Waals surface area contributed by atoms with Gasteiger partial charge in [-0.3, -0.25) is 9.78 Å². The van der Waals surface area contributed by atoms with Gasteiger partial charge in [0.15, 0.2) is 5.58 Å². The highest BCUT2D eigenvalue weighted by atomic mass is 35.5. The molecule has 0 radical (unpaired) electrons. The van der Waals surface area contributed by atoms with Crippen LogP contribution in [0.15, 0.2) is 35.0 Å². The summed E-state index contributed by atoms with van der Waals surface area (Å²) in [5, 5.41) is 13.9. The maximum absolute atomic E-state index is 10.8. The number of hydrogen-bond acceptors (Lipinski definition) is 5. The van der Waals surface area contributed by atoms with E-state index in [1.807, 2.05) is 26.0 Å². The third-order valence-electron chi connectivity index (χ3n) is 4.08. The van der Waals surface area contributed by atoms with Gasteiger partial charge in [-0.15, -0.1) is 0 Å². The highest BCUT2D eigenvalue weighted by Crippen LogP contribution is 2.35. The number of halogens is 1. The summed E-state index contributed by atoms with van der Waals surface area (Å²) < 4.78 is 11.4. The van der Waals surface area contributed by atoms with E-state index in [1.54, 1.807) is 18.3 Å². The number of aromatic nitrogens is 2. The first-order valence-electron chi connectivity index (χ1n) is 8.36. The van der Waals surface area contributed by atoms with Crippen molar-refractivity contribution in [3.8, 4) is 5.75 Å². The van der Waals surface area contributed by atoms with Crippen molar-refractivity contribution >= 4 is 28.5 Å². The number of carboxylic acid groups (broad SMARTS) is 1. The van der Waals surface area contributed by atoms with Gasteiger partial charge in [-0.05, 0) is 31.0 Å². The summed E-state index contributed by atoms with van der Waals surface area (Å²) in [5.41, 5.74) is 2.99. The summed E-state index contributed by atoms with van der Waals surface area (Å²) >= 11 is 6.38. The largest absolute Gasteiger partial charge is 0.482 e. The van der Waals surface area contributed by atoms with E-state index >= 15 is 0 Å². The van der Waals surface area contributed by atoms with E-state index in [0.717, 1.165) is 17.7 Å². The lowest BCUT2D eigenvalue weighted by molar-refractivity contribution is -0.136. The number of nitrogens with zero attached hydrogens (tertiary/aromatic N) is 2. The van der Waals surface area contributed by atoms with Gasteiger partial charge >= 0.3 is 5.97 Å². The number of hydrogen-bond donors (Lipinski definition) is 1. The predicted molar refractivity (Wildman–Crippen MR) is 97.6 cm³/mol. The lowest BCUT2D eigenvalue weighted by Gasteiger charge is -2.18. The van der Waals surface area contributed by atoms with Crippen LogP contribution in [0.25, 0.3) is 11.0 Å². The average Bonchev–Trinajstić information content (AvgIpc) is 3.00. The third kappa shape index (κ3) is 3.96. The number of ether oxygens (including phenoxy) is 1. The van der Waals surface area contributed by atoms with Gasteiger partial charge in [-0.25, -0.2) is 0 Å². The first-order chi connectivity index (χ1) is 12.5. The van der Waals surface area contributed by atoms with Crippen LogP contribution in [0.1, 0.15) is 42.8 Å². The van der Waals surface area contributed by atoms with Gasteiger partial charge in [-0.2, -0.15) is 0 Å². The minimum Gasteiger partial charge on any atom is -0.482 e. The van der Waals surface area contributed by atoms with Crippen LogP contribution in [0.3, 0.4) is 0 Å². The molecule has 2 heterocycles. The van der Waals surface area contributed by atoms with Gasteiger partial charge in [0.1, 0.15) is 11.9 Å². The maximum Gasteiger partial charge on any atom is 0.303 e. The van der Waals surface area contributed by atoms with Gasteiger partial charge in [0.2, 0.25) is 0 Å². The Bertz CT molecular complexity index is 921. The van der Waals surface area contributed by atoms with Gasteiger partial charge in [0.05, 0.1) is 22.8 Å². The summed E-state index contributed by atoms with van der Waals surface area (Å²) in [6, 6.07) is 7.32. The summed E-state index contributed by atoms with van der Waals surface area (Å²) in [4.78, 5) is 15.2. The van der Waals surface area contributed by atoms with E-state index < -0.39 is 5.97 Å². The smallest absolute Gasteiger partial charge is 0.303 e. The first-order valence-corrected chi connectivity index (χ1v) is 8.74. The molecule has 0 saturated carbocycles. The molecule has 0 saturated heterocycles. The van der Waals surface area contributed by atoms with Crippen molar-refractivity contribution < 1.29 is 19.2 Å². The topological polar surface area (TPSA) is 85.5 Å². The normalized spacial score (nSPS) is 12.3. The fourth-order valence-corrected chi connectivity index (χ4v) is 2.87. The Hall–Kier alpha value is -2.60. The van der Waals surface area contributed by atoms with Crippen molar-refractivity contribution in [2.24, 2.45) is 0 Å². The highest BCUT2D eigenvalue weighted by molar-refractivity contribution is 6.32. The number of aliphatic carboxylic acids is 1. The van der Waals surface area contributed by atoms with E-state index in [4.69, 9.17) is 26.0 Å². The summed E-state index contributed by atoms with van der Waals surface area (Å²) in [6.45, 7) is 3.99. The Morgan fingerprint density at radius 2 is 2.19 bits per heavy atom. The van der Waals surface area contributed by atoms with E-state index in [2.05, 4.69) is 10.1 Å². The van der Waals surface area contributed by atoms with E-state index in [9.17, 15) is 4.79 Å². The average molecular weight is 375 g/mol. The van der Waals surface area contributed by atoms with Gasteiger partial charge in [-0.1, -0.05) is 29.7 Å². The number of rotatable bonds is 7. The second kappa shape index (κ2) is 7.74. The number of aryl methyl sites for hydroxylation is 2. The Morgan fingerprint density at radius 1 is 1.38 bits per heavy atom. The van der Waals surface area contributed by atoms with Crippen molar-refractivity contribution in [1.29, 1.82) is 0 Å². The Balaban J connectivity index is 1.86. The van der Waals surface area contributed by atoms with Crippen LogP contribution in [0, 0.1) is 6.92 Å². The molecule has 136 valence electrons. The molecule has 3 rings (SSSR count). The predicted octanol–water partition coefficient (Wildman–Crippen LogP) is 4.73. The molecule has 1 N–H and O–H groups in total. The molecule has 0 aliphatic heterocycles. The number of carbonyl (C=O) groups is 1. The molecule has 0 aliphatic rings. The fourth-order valence-electron chi connectivity index (χ4n) is 2.66. The van der Waals surface area contributed by atoms with Crippen LogP contribution in [0.4, 0.5) is 0 Å². The Kier molecular flexibility index (Phi) is 5.42. The molecule has 0 fully saturated rings. The number of fused-ring (bicyclic) bond motifs is 1. The van der Waals surface area contributed by atoms with Crippen molar-refractivity contribution in [3.63, 3.8) is 0 Å². The van der Waals surface area contributed by atoms with Crippen LogP contribution < -0.4 is 4.74 Å². The molecule has 0 amide bonds. The zero-order valence-corrected chi connectivity index (χ0v) is 15.3. The number of benzene rings is 1. The Labute approximate surface area is 155 Å². The lowest BCUT2D eigenvalue weighted by Crippen LogP contribution is -2.08. The number of carboxylic acids is 1. The SMILES string of the molecule is CC[C@@H](Oc1cc2onc(CCC(=O)O)c2cc1Cl)c1ccc(C)cn1. The minimum absolute atomic E-state index is 0.0193. The molecule has 0 spiro atoms. The second-order valence-corrected chi connectivity index (χ2v) is 6.48. The number of pyridine rings is 1. The lowest BCUT2D eigenvalue weighted by atomic mass is 10.1. The third-order valence-corrected chi connectivity index (χ3v) is 4.37. The monoisotopic (exact) mass is 374 g/mol. The molecule has 2 aromatic heterocycles. The van der Waals surface area contributed by atoms with E-state index in [-0.39, 0.29) is 18.9 Å². The summed E-state index contributed by atoms with van der Waals surface area (Å²) in [5.74, 6) is -0.405. The quantitative estimate of drug-likeness (QED) is 0.643. The molecule has 3 aromatic rings. The van der Waals surface area contributed by atoms with Crippen molar-refractivity contribution in [2.75, 3.05) is 0 Å². The van der Waals surface area contributed by atoms with Crippen LogP contribution in [-0.4, -0.2) is 21.2 Å². The first kappa shape index (κ1) is 18.2. The molecule has 26 heavy (non-hydrogen) atoms. The second-order valence-electron chi connectivity index (χ2n) is 6.08. The van der Waals surface area contributed by atoms with Crippen molar-refractivity contribution in [1.82, 2.24) is 10.1 Å². The van der Waals surface area contributed by atoms with Crippen LogP contribution >= 0.6 is 11.6 Å². The van der Waals surface area contributed by atoms with Crippen molar-refractivity contribution in [3.05, 3.63) is 52.4 Å². The van der Waals surface area contributed by atoms with Crippen LogP contribution in [-0.2, 0) is 11.2 Å². The zero-order valence-electron chi connectivity index (χ0n) is 14.5. The standard InChI is InChI=1S/C19H19ClN2O4/c1-3-16(15-5-4-11(2)10-21-15)25-18-9-17-12(8-13(18)20)14(22-26-17)6-7-19(23)24/h4-5,8-10,16H,3,6-7H2,1-2H3,(H,23,24)/t16-/m1/s1. The van der Waals surface area contributed by atoms with E-state index in [0.29, 0.717) is 27.4 Å².